The number of nitrogens with one attached hydrogen (secondary N) is 1. The molecular weight excluding hydrogens is 190 g/mol. The van der Waals surface area contributed by atoms with Gasteiger partial charge in [-0.2, -0.15) is 0 Å². The van der Waals surface area contributed by atoms with Crippen molar-refractivity contribution in [2.45, 2.75) is 33.1 Å². The van der Waals surface area contributed by atoms with Gasteiger partial charge in [0.1, 0.15) is 0 Å². The van der Waals surface area contributed by atoms with E-state index in [4.69, 9.17) is 0 Å². The maximum absolute atomic E-state index is 3.48. The van der Waals surface area contributed by atoms with Gasteiger partial charge in [0.25, 0.3) is 0 Å². The Bertz CT molecular complexity index is 228. The molecule has 80 valence electrons. The Labute approximate surface area is 91.5 Å². The Morgan fingerprint density at radius 3 is 2.71 bits per heavy atom. The molecule has 0 aliphatic carbocycles. The molecule has 0 spiro atoms. The fraction of sp³-hybridized carbons (Fsp3) is 0.667. The van der Waals surface area contributed by atoms with Crippen LogP contribution in [0.1, 0.15) is 38.0 Å². The van der Waals surface area contributed by atoms with Crippen LogP contribution in [-0.2, 0) is 0 Å². The zero-order valence-electron chi connectivity index (χ0n) is 9.42. The molecule has 1 N–H and O–H groups in total. The van der Waals surface area contributed by atoms with Crippen molar-refractivity contribution in [3.05, 3.63) is 22.4 Å². The first kappa shape index (κ1) is 11.7. The predicted octanol–water partition coefficient (Wildman–Crippen LogP) is 3.49. The Balaban J connectivity index is 2.13. The van der Waals surface area contributed by atoms with E-state index in [2.05, 4.69) is 43.6 Å². The first-order valence-corrected chi connectivity index (χ1v) is 6.32. The zero-order chi connectivity index (χ0) is 10.4. The second-order valence-corrected chi connectivity index (χ2v) is 5.28. The molecule has 0 amide bonds. The van der Waals surface area contributed by atoms with Gasteiger partial charge in [-0.3, -0.25) is 0 Å². The molecule has 1 aromatic heterocycles. The summed E-state index contributed by atoms with van der Waals surface area (Å²) in [4.78, 5) is 1.51. The minimum absolute atomic E-state index is 0.703. The minimum atomic E-state index is 0.703. The molecule has 1 nitrogen and oxygen atoms in total. The van der Waals surface area contributed by atoms with E-state index in [0.717, 1.165) is 19.0 Å². The largest absolute Gasteiger partial charge is 0.316 e. The van der Waals surface area contributed by atoms with E-state index in [1.807, 2.05) is 11.3 Å². The predicted molar refractivity (Wildman–Crippen MR) is 65.1 cm³/mol. The normalized spacial score (nSPS) is 13.4. The van der Waals surface area contributed by atoms with Crippen LogP contribution in [0.15, 0.2) is 17.5 Å². The van der Waals surface area contributed by atoms with Gasteiger partial charge in [-0.05, 0) is 42.8 Å². The first-order valence-electron chi connectivity index (χ1n) is 5.44. The lowest BCUT2D eigenvalue weighted by Gasteiger charge is -2.11. The molecule has 0 saturated heterocycles. The average molecular weight is 211 g/mol. The van der Waals surface area contributed by atoms with Crippen LogP contribution in [0.2, 0.25) is 0 Å². The van der Waals surface area contributed by atoms with Crippen LogP contribution >= 0.6 is 11.3 Å². The van der Waals surface area contributed by atoms with Gasteiger partial charge in [0.2, 0.25) is 0 Å². The molecular formula is C12H21NS. The standard InChI is InChI=1S/C12H21NS/c1-10(2)9-13-7-6-11(3)12-5-4-8-14-12/h4-5,8,10-11,13H,6-7,9H2,1-3H3. The summed E-state index contributed by atoms with van der Waals surface area (Å²) in [7, 11) is 0. The molecule has 0 aromatic carbocycles. The molecule has 0 bridgehead atoms. The summed E-state index contributed by atoms with van der Waals surface area (Å²) in [5.74, 6) is 1.46. The van der Waals surface area contributed by atoms with Crippen LogP contribution in [0.3, 0.4) is 0 Å². The molecule has 1 heterocycles. The topological polar surface area (TPSA) is 12.0 Å². The lowest BCUT2D eigenvalue weighted by molar-refractivity contribution is 0.526. The van der Waals surface area contributed by atoms with Gasteiger partial charge >= 0.3 is 0 Å². The highest BCUT2D eigenvalue weighted by Gasteiger charge is 2.05. The summed E-state index contributed by atoms with van der Waals surface area (Å²) in [5, 5.41) is 5.64. The summed E-state index contributed by atoms with van der Waals surface area (Å²) in [6, 6.07) is 4.37. The fourth-order valence-electron chi connectivity index (χ4n) is 1.42. The van der Waals surface area contributed by atoms with Crippen molar-refractivity contribution >= 4 is 11.3 Å². The van der Waals surface area contributed by atoms with Crippen molar-refractivity contribution in [1.29, 1.82) is 0 Å². The molecule has 1 rings (SSSR count). The minimum Gasteiger partial charge on any atom is -0.316 e. The van der Waals surface area contributed by atoms with Crippen molar-refractivity contribution in [3.8, 4) is 0 Å². The van der Waals surface area contributed by atoms with Crippen LogP contribution in [0.4, 0.5) is 0 Å². The summed E-state index contributed by atoms with van der Waals surface area (Å²) in [6.45, 7) is 9.07. The quantitative estimate of drug-likeness (QED) is 0.710. The fourth-order valence-corrected chi connectivity index (χ4v) is 2.24. The number of thiophene rings is 1. The number of rotatable bonds is 6. The number of hydrogen-bond donors (Lipinski definition) is 1. The second-order valence-electron chi connectivity index (χ2n) is 4.30. The van der Waals surface area contributed by atoms with Crippen LogP contribution < -0.4 is 5.32 Å². The lowest BCUT2D eigenvalue weighted by Crippen LogP contribution is -2.21. The van der Waals surface area contributed by atoms with Gasteiger partial charge in [0.15, 0.2) is 0 Å². The molecule has 0 saturated carbocycles. The van der Waals surface area contributed by atoms with Gasteiger partial charge in [-0.1, -0.05) is 26.8 Å². The Kier molecular flexibility index (Phi) is 5.20. The van der Waals surface area contributed by atoms with E-state index < -0.39 is 0 Å². The summed E-state index contributed by atoms with van der Waals surface area (Å²) < 4.78 is 0. The first-order chi connectivity index (χ1) is 6.70. The molecule has 0 aliphatic heterocycles. The Morgan fingerprint density at radius 2 is 2.14 bits per heavy atom. The van der Waals surface area contributed by atoms with Crippen LogP contribution in [0, 0.1) is 5.92 Å². The smallest absolute Gasteiger partial charge is 0.00739 e. The van der Waals surface area contributed by atoms with Crippen molar-refractivity contribution in [2.75, 3.05) is 13.1 Å². The van der Waals surface area contributed by atoms with Crippen molar-refractivity contribution in [1.82, 2.24) is 5.32 Å². The average Bonchev–Trinajstić information content (AvgIpc) is 2.64. The van der Waals surface area contributed by atoms with Crippen LogP contribution in [-0.4, -0.2) is 13.1 Å². The van der Waals surface area contributed by atoms with Gasteiger partial charge in [0, 0.05) is 4.88 Å². The van der Waals surface area contributed by atoms with E-state index in [-0.39, 0.29) is 0 Å². The third-order valence-electron chi connectivity index (χ3n) is 2.34. The molecule has 1 unspecified atom stereocenters. The van der Waals surface area contributed by atoms with Crippen molar-refractivity contribution in [3.63, 3.8) is 0 Å². The second kappa shape index (κ2) is 6.20. The van der Waals surface area contributed by atoms with Crippen LogP contribution in [0.5, 0.6) is 0 Å². The highest BCUT2D eigenvalue weighted by molar-refractivity contribution is 7.10. The zero-order valence-corrected chi connectivity index (χ0v) is 10.2. The Morgan fingerprint density at radius 1 is 1.36 bits per heavy atom. The van der Waals surface area contributed by atoms with E-state index in [9.17, 15) is 0 Å². The van der Waals surface area contributed by atoms with Gasteiger partial charge in [-0.15, -0.1) is 11.3 Å². The maximum Gasteiger partial charge on any atom is 0.00739 e. The maximum atomic E-state index is 3.48. The summed E-state index contributed by atoms with van der Waals surface area (Å²) in [5.41, 5.74) is 0. The highest BCUT2D eigenvalue weighted by atomic mass is 32.1. The lowest BCUT2D eigenvalue weighted by atomic mass is 10.1. The van der Waals surface area contributed by atoms with Gasteiger partial charge in [-0.25, -0.2) is 0 Å². The van der Waals surface area contributed by atoms with E-state index in [1.54, 1.807) is 0 Å². The molecule has 0 fully saturated rings. The monoisotopic (exact) mass is 211 g/mol. The van der Waals surface area contributed by atoms with Crippen molar-refractivity contribution in [2.24, 2.45) is 5.92 Å². The van der Waals surface area contributed by atoms with E-state index >= 15 is 0 Å². The van der Waals surface area contributed by atoms with Gasteiger partial charge < -0.3 is 5.32 Å². The summed E-state index contributed by atoms with van der Waals surface area (Å²) >= 11 is 1.87. The number of hydrogen-bond acceptors (Lipinski definition) is 2. The van der Waals surface area contributed by atoms with E-state index in [1.165, 1.54) is 11.3 Å². The van der Waals surface area contributed by atoms with E-state index in [0.29, 0.717) is 5.92 Å². The molecule has 1 aromatic rings. The molecule has 14 heavy (non-hydrogen) atoms. The third-order valence-corrected chi connectivity index (χ3v) is 3.44. The van der Waals surface area contributed by atoms with Crippen LogP contribution in [0.25, 0.3) is 0 Å². The molecule has 0 aliphatic rings. The third kappa shape index (κ3) is 4.25. The Hall–Kier alpha value is -0.340. The SMILES string of the molecule is CC(C)CNCCC(C)c1cccs1. The summed E-state index contributed by atoms with van der Waals surface area (Å²) in [6.07, 6.45) is 1.24. The molecule has 1 atom stereocenters. The molecule has 2 heteroatoms. The highest BCUT2D eigenvalue weighted by Crippen LogP contribution is 2.22. The van der Waals surface area contributed by atoms with Gasteiger partial charge in [0.05, 0.1) is 0 Å². The molecule has 0 radical (unpaired) electrons. The van der Waals surface area contributed by atoms with Crippen molar-refractivity contribution < 1.29 is 0 Å².